The highest BCUT2D eigenvalue weighted by Crippen LogP contribution is 2.20. The van der Waals surface area contributed by atoms with Gasteiger partial charge in [-0.05, 0) is 17.7 Å². The van der Waals surface area contributed by atoms with E-state index in [0.29, 0.717) is 5.88 Å². The number of rotatable bonds is 2. The number of alkyl halides is 1. The summed E-state index contributed by atoms with van der Waals surface area (Å²) < 4.78 is 2.69. The maximum absolute atomic E-state index is 5.82. The maximum atomic E-state index is 5.82. The van der Waals surface area contributed by atoms with Gasteiger partial charge in [0.15, 0.2) is 0 Å². The van der Waals surface area contributed by atoms with Crippen LogP contribution in [0.1, 0.15) is 5.56 Å². The van der Waals surface area contributed by atoms with Gasteiger partial charge in [0.05, 0.1) is 5.69 Å². The van der Waals surface area contributed by atoms with Crippen LogP contribution in [-0.2, 0) is 5.88 Å². The molecule has 0 N–H and O–H groups in total. The van der Waals surface area contributed by atoms with E-state index in [2.05, 4.69) is 26.0 Å². The van der Waals surface area contributed by atoms with Gasteiger partial charge in [-0.3, -0.25) is 0 Å². The van der Waals surface area contributed by atoms with E-state index in [-0.39, 0.29) is 0 Å². The third kappa shape index (κ3) is 1.81. The number of aromatic nitrogens is 3. The molecule has 0 aliphatic heterocycles. The summed E-state index contributed by atoms with van der Waals surface area (Å²) in [5.74, 6) is 0.461. The van der Waals surface area contributed by atoms with Crippen molar-refractivity contribution in [2.24, 2.45) is 0 Å². The van der Waals surface area contributed by atoms with Crippen LogP contribution in [-0.4, -0.2) is 14.8 Å². The number of halogens is 2. The molecule has 1 aromatic carbocycles. The van der Waals surface area contributed by atoms with Crippen molar-refractivity contribution in [1.82, 2.24) is 14.8 Å². The molecule has 0 unspecified atom stereocenters. The molecule has 0 atom stereocenters. The molecule has 2 rings (SSSR count). The lowest BCUT2D eigenvalue weighted by Gasteiger charge is -2.06. The lowest BCUT2D eigenvalue weighted by atomic mass is 10.2. The van der Waals surface area contributed by atoms with Crippen LogP contribution in [0.25, 0.3) is 5.69 Å². The quantitative estimate of drug-likeness (QED) is 0.787. The van der Waals surface area contributed by atoms with E-state index in [1.807, 2.05) is 18.2 Å². The normalized spacial score (nSPS) is 10.4. The highest BCUT2D eigenvalue weighted by Gasteiger charge is 2.04. The Hall–Kier alpha value is -0.870. The molecule has 0 amide bonds. The fourth-order valence-corrected chi connectivity index (χ4v) is 1.77. The van der Waals surface area contributed by atoms with Gasteiger partial charge in [-0.2, -0.15) is 5.10 Å². The van der Waals surface area contributed by atoms with Gasteiger partial charge in [0.2, 0.25) is 0 Å². The van der Waals surface area contributed by atoms with Gasteiger partial charge in [-0.1, -0.05) is 22.0 Å². The molecule has 0 spiro atoms. The molecule has 0 radical (unpaired) electrons. The van der Waals surface area contributed by atoms with Crippen LogP contribution in [0.2, 0.25) is 0 Å². The first-order chi connectivity index (χ1) is 6.81. The summed E-state index contributed by atoms with van der Waals surface area (Å²) in [5.41, 5.74) is 1.98. The number of hydrogen-bond acceptors (Lipinski definition) is 2. The molecule has 0 fully saturated rings. The molecule has 3 nitrogen and oxygen atoms in total. The minimum atomic E-state index is 0.461. The second kappa shape index (κ2) is 4.11. The first-order valence-electron chi connectivity index (χ1n) is 4.00. The minimum Gasteiger partial charge on any atom is -0.223 e. The fourth-order valence-electron chi connectivity index (χ4n) is 1.20. The van der Waals surface area contributed by atoms with Gasteiger partial charge in [-0.25, -0.2) is 9.67 Å². The van der Waals surface area contributed by atoms with Crippen LogP contribution in [0.5, 0.6) is 0 Å². The zero-order valence-electron chi connectivity index (χ0n) is 7.19. The Balaban J connectivity index is 2.55. The van der Waals surface area contributed by atoms with Crippen molar-refractivity contribution < 1.29 is 0 Å². The van der Waals surface area contributed by atoms with E-state index >= 15 is 0 Å². The molecule has 0 aliphatic carbocycles. The molecule has 0 bridgehead atoms. The lowest BCUT2D eigenvalue weighted by Crippen LogP contribution is -1.98. The van der Waals surface area contributed by atoms with E-state index in [1.54, 1.807) is 11.0 Å². The predicted molar refractivity (Wildman–Crippen MR) is 58.6 cm³/mol. The second-order valence-electron chi connectivity index (χ2n) is 2.75. The molecule has 1 heterocycles. The molecular weight excluding hydrogens is 265 g/mol. The average molecular weight is 273 g/mol. The summed E-state index contributed by atoms with van der Waals surface area (Å²) >= 11 is 9.23. The molecule has 0 saturated carbocycles. The number of nitrogens with zero attached hydrogens (tertiary/aromatic N) is 3. The molecule has 5 heteroatoms. The van der Waals surface area contributed by atoms with E-state index in [9.17, 15) is 0 Å². The van der Waals surface area contributed by atoms with Crippen molar-refractivity contribution in [2.75, 3.05) is 0 Å². The number of benzene rings is 1. The van der Waals surface area contributed by atoms with Crippen molar-refractivity contribution in [3.05, 3.63) is 40.9 Å². The monoisotopic (exact) mass is 271 g/mol. The van der Waals surface area contributed by atoms with Gasteiger partial charge in [-0.15, -0.1) is 11.6 Å². The summed E-state index contributed by atoms with van der Waals surface area (Å²) in [6, 6.07) is 5.89. The van der Waals surface area contributed by atoms with Crippen molar-refractivity contribution >= 4 is 27.5 Å². The van der Waals surface area contributed by atoms with E-state index in [1.165, 1.54) is 6.33 Å². The van der Waals surface area contributed by atoms with E-state index in [0.717, 1.165) is 15.7 Å². The third-order valence-electron chi connectivity index (χ3n) is 1.86. The van der Waals surface area contributed by atoms with Gasteiger partial charge in [0, 0.05) is 10.4 Å². The molecule has 72 valence electrons. The van der Waals surface area contributed by atoms with Crippen LogP contribution >= 0.6 is 27.5 Å². The first-order valence-corrected chi connectivity index (χ1v) is 5.33. The summed E-state index contributed by atoms with van der Waals surface area (Å²) in [6.07, 6.45) is 3.15. The average Bonchev–Trinajstić information content (AvgIpc) is 2.70. The molecular formula is C9H7BrClN3. The van der Waals surface area contributed by atoms with Crippen LogP contribution in [0.3, 0.4) is 0 Å². The maximum Gasteiger partial charge on any atom is 0.138 e. The van der Waals surface area contributed by atoms with Crippen molar-refractivity contribution in [3.8, 4) is 5.69 Å². The fraction of sp³-hybridized carbons (Fsp3) is 0.111. The van der Waals surface area contributed by atoms with Gasteiger partial charge in [0.25, 0.3) is 0 Å². The Morgan fingerprint density at radius 1 is 1.43 bits per heavy atom. The zero-order valence-corrected chi connectivity index (χ0v) is 9.53. The van der Waals surface area contributed by atoms with Gasteiger partial charge in [0.1, 0.15) is 12.7 Å². The summed E-state index contributed by atoms with van der Waals surface area (Å²) in [5, 5.41) is 4.06. The molecule has 1 aromatic heterocycles. The van der Waals surface area contributed by atoms with E-state index < -0.39 is 0 Å². The van der Waals surface area contributed by atoms with Crippen LogP contribution < -0.4 is 0 Å². The Kier molecular flexibility index (Phi) is 2.84. The Morgan fingerprint density at radius 2 is 2.29 bits per heavy atom. The third-order valence-corrected chi connectivity index (χ3v) is 2.64. The highest BCUT2D eigenvalue weighted by atomic mass is 79.9. The summed E-state index contributed by atoms with van der Waals surface area (Å²) in [7, 11) is 0. The first kappa shape index (κ1) is 9.68. The lowest BCUT2D eigenvalue weighted by molar-refractivity contribution is 0.868. The Morgan fingerprint density at radius 3 is 2.93 bits per heavy atom. The molecule has 2 aromatic rings. The Labute approximate surface area is 94.9 Å². The van der Waals surface area contributed by atoms with Crippen LogP contribution in [0.15, 0.2) is 35.3 Å². The predicted octanol–water partition coefficient (Wildman–Crippen LogP) is 2.77. The molecule has 0 saturated heterocycles. The minimum absolute atomic E-state index is 0.461. The van der Waals surface area contributed by atoms with E-state index in [4.69, 9.17) is 11.6 Å². The largest absolute Gasteiger partial charge is 0.223 e. The molecule has 0 aliphatic rings. The summed E-state index contributed by atoms with van der Waals surface area (Å²) in [6.45, 7) is 0. The topological polar surface area (TPSA) is 30.7 Å². The standard InChI is InChI=1S/C9H7BrClN3/c10-8-2-1-7(4-11)9(3-8)14-6-12-5-13-14/h1-3,5-6H,4H2. The van der Waals surface area contributed by atoms with Crippen molar-refractivity contribution in [1.29, 1.82) is 0 Å². The van der Waals surface area contributed by atoms with Crippen molar-refractivity contribution in [2.45, 2.75) is 5.88 Å². The smallest absolute Gasteiger partial charge is 0.138 e. The van der Waals surface area contributed by atoms with Gasteiger partial charge >= 0.3 is 0 Å². The second-order valence-corrected chi connectivity index (χ2v) is 3.93. The Bertz CT molecular complexity index is 428. The SMILES string of the molecule is ClCc1ccc(Br)cc1-n1cncn1. The van der Waals surface area contributed by atoms with Crippen LogP contribution in [0, 0.1) is 0 Å². The molecule has 14 heavy (non-hydrogen) atoms. The van der Waals surface area contributed by atoms with Gasteiger partial charge < -0.3 is 0 Å². The van der Waals surface area contributed by atoms with Crippen molar-refractivity contribution in [3.63, 3.8) is 0 Å². The summed E-state index contributed by atoms with van der Waals surface area (Å²) in [4.78, 5) is 3.90. The number of hydrogen-bond donors (Lipinski definition) is 0. The zero-order chi connectivity index (χ0) is 9.97. The highest BCUT2D eigenvalue weighted by molar-refractivity contribution is 9.10. The van der Waals surface area contributed by atoms with Crippen LogP contribution in [0.4, 0.5) is 0 Å².